The van der Waals surface area contributed by atoms with Gasteiger partial charge >= 0.3 is 0 Å². The minimum atomic E-state index is -0.0598. The SMILES string of the molecule is C=C(C)[Si]OCCOC(C)(C)C. The Balaban J connectivity index is 3.17. The second-order valence-electron chi connectivity index (χ2n) is 3.69. The van der Waals surface area contributed by atoms with Crippen molar-refractivity contribution < 1.29 is 9.16 Å². The summed E-state index contributed by atoms with van der Waals surface area (Å²) in [7, 11) is 0.407. The maximum atomic E-state index is 5.46. The van der Waals surface area contributed by atoms with Crippen molar-refractivity contribution in [1.29, 1.82) is 0 Å². The highest BCUT2D eigenvalue weighted by molar-refractivity contribution is 6.37. The number of rotatable bonds is 5. The molecule has 70 valence electrons. The Bertz CT molecular complexity index is 138. The van der Waals surface area contributed by atoms with Crippen LogP contribution < -0.4 is 0 Å². The summed E-state index contributed by atoms with van der Waals surface area (Å²) in [5, 5.41) is 1.07. The fourth-order valence-electron chi connectivity index (χ4n) is 0.564. The molecule has 0 atom stereocenters. The van der Waals surface area contributed by atoms with E-state index < -0.39 is 0 Å². The van der Waals surface area contributed by atoms with Crippen LogP contribution >= 0.6 is 0 Å². The summed E-state index contributed by atoms with van der Waals surface area (Å²) in [5.74, 6) is 0. The van der Waals surface area contributed by atoms with Crippen LogP contribution in [0.3, 0.4) is 0 Å². The fraction of sp³-hybridized carbons (Fsp3) is 0.778. The van der Waals surface area contributed by atoms with E-state index in [9.17, 15) is 0 Å². The van der Waals surface area contributed by atoms with Crippen LogP contribution in [0.4, 0.5) is 0 Å². The lowest BCUT2D eigenvalue weighted by Gasteiger charge is -2.19. The van der Waals surface area contributed by atoms with Crippen LogP contribution in [0.2, 0.25) is 0 Å². The molecule has 0 aromatic heterocycles. The highest BCUT2D eigenvalue weighted by Gasteiger charge is 2.08. The van der Waals surface area contributed by atoms with Crippen molar-refractivity contribution in [2.24, 2.45) is 0 Å². The Labute approximate surface area is 77.9 Å². The summed E-state index contributed by atoms with van der Waals surface area (Å²) in [6.07, 6.45) is 0. The van der Waals surface area contributed by atoms with Gasteiger partial charge in [-0.3, -0.25) is 0 Å². The van der Waals surface area contributed by atoms with Gasteiger partial charge in [-0.05, 0) is 27.7 Å². The molecule has 0 unspecified atom stereocenters. The molecule has 0 saturated carbocycles. The molecule has 0 aromatic rings. The maximum absolute atomic E-state index is 5.46. The fourth-order valence-corrected chi connectivity index (χ4v) is 0.996. The van der Waals surface area contributed by atoms with Gasteiger partial charge in [0.25, 0.3) is 9.76 Å². The zero-order chi connectivity index (χ0) is 9.61. The second kappa shape index (κ2) is 5.51. The van der Waals surface area contributed by atoms with Gasteiger partial charge in [0, 0.05) is 0 Å². The Morgan fingerprint density at radius 3 is 2.33 bits per heavy atom. The van der Waals surface area contributed by atoms with E-state index in [-0.39, 0.29) is 5.60 Å². The van der Waals surface area contributed by atoms with Gasteiger partial charge in [-0.2, -0.15) is 0 Å². The number of allylic oxidation sites excluding steroid dienone is 1. The highest BCUT2D eigenvalue weighted by atomic mass is 28.2. The van der Waals surface area contributed by atoms with Crippen LogP contribution in [0.25, 0.3) is 0 Å². The van der Waals surface area contributed by atoms with Crippen LogP contribution in [0.1, 0.15) is 27.7 Å². The van der Waals surface area contributed by atoms with E-state index in [0.29, 0.717) is 23.0 Å². The van der Waals surface area contributed by atoms with E-state index in [0.717, 1.165) is 5.20 Å². The van der Waals surface area contributed by atoms with E-state index in [1.54, 1.807) is 0 Å². The molecule has 0 aliphatic heterocycles. The Kier molecular flexibility index (Phi) is 5.45. The molecule has 0 bridgehead atoms. The van der Waals surface area contributed by atoms with Gasteiger partial charge in [0.2, 0.25) is 0 Å². The summed E-state index contributed by atoms with van der Waals surface area (Å²) in [6, 6.07) is 0. The van der Waals surface area contributed by atoms with Crippen molar-refractivity contribution in [3.05, 3.63) is 11.8 Å². The van der Waals surface area contributed by atoms with Gasteiger partial charge in [-0.25, -0.2) is 0 Å². The summed E-state index contributed by atoms with van der Waals surface area (Å²) >= 11 is 0. The van der Waals surface area contributed by atoms with E-state index in [4.69, 9.17) is 9.16 Å². The summed E-state index contributed by atoms with van der Waals surface area (Å²) in [6.45, 7) is 13.1. The predicted molar refractivity (Wildman–Crippen MR) is 52.2 cm³/mol. The van der Waals surface area contributed by atoms with E-state index in [2.05, 4.69) is 6.58 Å². The molecule has 0 heterocycles. The monoisotopic (exact) mass is 186 g/mol. The van der Waals surface area contributed by atoms with Crippen LogP contribution in [0, 0.1) is 0 Å². The van der Waals surface area contributed by atoms with E-state index in [1.807, 2.05) is 27.7 Å². The third kappa shape index (κ3) is 9.88. The van der Waals surface area contributed by atoms with Crippen molar-refractivity contribution in [3.63, 3.8) is 0 Å². The third-order valence-electron chi connectivity index (χ3n) is 0.967. The molecule has 12 heavy (non-hydrogen) atoms. The molecular weight excluding hydrogens is 168 g/mol. The van der Waals surface area contributed by atoms with Crippen molar-refractivity contribution in [2.75, 3.05) is 13.2 Å². The average Bonchev–Trinajstić information content (AvgIpc) is 1.83. The van der Waals surface area contributed by atoms with Gasteiger partial charge in [-0.1, -0.05) is 5.20 Å². The van der Waals surface area contributed by atoms with Crippen molar-refractivity contribution in [3.8, 4) is 0 Å². The van der Waals surface area contributed by atoms with Crippen molar-refractivity contribution in [2.45, 2.75) is 33.3 Å². The van der Waals surface area contributed by atoms with Crippen molar-refractivity contribution >= 4 is 9.76 Å². The Morgan fingerprint density at radius 1 is 1.33 bits per heavy atom. The molecule has 3 heteroatoms. The largest absolute Gasteiger partial charge is 0.409 e. The number of hydrogen-bond acceptors (Lipinski definition) is 2. The lowest BCUT2D eigenvalue weighted by molar-refractivity contribution is -0.0158. The standard InChI is InChI=1S/C9H18O2Si/c1-8(2)12-11-7-6-10-9(3,4)5/h1,6-7H2,2-5H3. The normalized spacial score (nSPS) is 11.7. The van der Waals surface area contributed by atoms with E-state index >= 15 is 0 Å². The first-order valence-electron chi connectivity index (χ1n) is 4.09. The van der Waals surface area contributed by atoms with Gasteiger partial charge in [0.1, 0.15) is 0 Å². The Morgan fingerprint density at radius 2 is 1.92 bits per heavy atom. The minimum Gasteiger partial charge on any atom is -0.409 e. The topological polar surface area (TPSA) is 18.5 Å². The predicted octanol–water partition coefficient (Wildman–Crippen LogP) is 1.97. The third-order valence-corrected chi connectivity index (χ3v) is 1.66. The molecular formula is C9H18O2Si. The summed E-state index contributed by atoms with van der Waals surface area (Å²) in [5.41, 5.74) is -0.0598. The van der Waals surface area contributed by atoms with Gasteiger partial charge in [0.15, 0.2) is 0 Å². The van der Waals surface area contributed by atoms with Crippen LogP contribution in [-0.4, -0.2) is 28.6 Å². The van der Waals surface area contributed by atoms with Gasteiger partial charge < -0.3 is 9.16 Å². The lowest BCUT2D eigenvalue weighted by atomic mass is 10.2. The first kappa shape index (κ1) is 11.9. The van der Waals surface area contributed by atoms with Crippen molar-refractivity contribution in [1.82, 2.24) is 0 Å². The molecule has 0 amide bonds. The minimum absolute atomic E-state index is 0.0598. The highest BCUT2D eigenvalue weighted by Crippen LogP contribution is 2.05. The summed E-state index contributed by atoms with van der Waals surface area (Å²) < 4.78 is 10.8. The molecule has 0 aromatic carbocycles. The lowest BCUT2D eigenvalue weighted by Crippen LogP contribution is -2.22. The average molecular weight is 186 g/mol. The maximum Gasteiger partial charge on any atom is 0.263 e. The molecule has 0 aliphatic rings. The second-order valence-corrected chi connectivity index (χ2v) is 5.04. The number of ether oxygens (including phenoxy) is 1. The Hall–Kier alpha value is -0.123. The molecule has 0 rings (SSSR count). The molecule has 0 N–H and O–H groups in total. The van der Waals surface area contributed by atoms with Crippen LogP contribution in [0.5, 0.6) is 0 Å². The molecule has 2 nitrogen and oxygen atoms in total. The molecule has 0 spiro atoms. The molecule has 0 saturated heterocycles. The summed E-state index contributed by atoms with van der Waals surface area (Å²) in [4.78, 5) is 0. The number of hydrogen-bond donors (Lipinski definition) is 0. The van der Waals surface area contributed by atoms with Gasteiger partial charge in [0.05, 0.1) is 18.8 Å². The zero-order valence-corrected chi connectivity index (χ0v) is 9.44. The quantitative estimate of drug-likeness (QED) is 0.483. The molecule has 0 fully saturated rings. The molecule has 0 aliphatic carbocycles. The first-order valence-corrected chi connectivity index (χ1v) is 5.00. The van der Waals surface area contributed by atoms with Crippen LogP contribution in [0.15, 0.2) is 11.8 Å². The smallest absolute Gasteiger partial charge is 0.263 e. The van der Waals surface area contributed by atoms with E-state index in [1.165, 1.54) is 0 Å². The van der Waals surface area contributed by atoms with Crippen LogP contribution in [-0.2, 0) is 9.16 Å². The zero-order valence-electron chi connectivity index (χ0n) is 8.44. The first-order chi connectivity index (χ1) is 5.42. The van der Waals surface area contributed by atoms with Gasteiger partial charge in [-0.15, -0.1) is 6.58 Å². The molecule has 2 radical (unpaired) electrons.